The molecule has 1 saturated heterocycles. The normalized spacial score (nSPS) is 16.7. The lowest BCUT2D eigenvalue weighted by Crippen LogP contribution is -2.38. The molecule has 7 nitrogen and oxygen atoms in total. The number of amides is 1. The Bertz CT molecular complexity index is 739. The van der Waals surface area contributed by atoms with Gasteiger partial charge in [0.2, 0.25) is 0 Å². The van der Waals surface area contributed by atoms with Gasteiger partial charge in [-0.1, -0.05) is 5.21 Å². The molecule has 0 radical (unpaired) electrons. The van der Waals surface area contributed by atoms with Gasteiger partial charge in [0.1, 0.15) is 5.75 Å². The highest BCUT2D eigenvalue weighted by molar-refractivity contribution is 5.93. The molecule has 1 amide bonds. The van der Waals surface area contributed by atoms with Crippen LogP contribution < -0.4 is 15.4 Å². The maximum atomic E-state index is 12.5. The average Bonchev–Trinajstić information content (AvgIpc) is 3.02. The molecule has 0 aliphatic carbocycles. The molecule has 1 aliphatic heterocycles. The van der Waals surface area contributed by atoms with Gasteiger partial charge in [-0.2, -0.15) is 0 Å². The highest BCUT2D eigenvalue weighted by Gasteiger charge is 2.19. The van der Waals surface area contributed by atoms with Crippen LogP contribution in [-0.4, -0.2) is 46.6 Å². The molecule has 1 unspecified atom stereocenters. The first-order chi connectivity index (χ1) is 12.5. The molecule has 27 heavy (non-hydrogen) atoms. The summed E-state index contributed by atoms with van der Waals surface area (Å²) in [5, 5.41) is 14.6. The number of nitrogens with one attached hydrogen (secondary N) is 2. The molecule has 0 saturated carbocycles. The van der Waals surface area contributed by atoms with E-state index in [0.717, 1.165) is 43.1 Å². The van der Waals surface area contributed by atoms with Gasteiger partial charge in [-0.25, -0.2) is 4.68 Å². The highest BCUT2D eigenvalue weighted by atomic mass is 35.5. The number of aromatic nitrogens is 3. The zero-order chi connectivity index (χ0) is 18.5. The minimum atomic E-state index is -0.168. The molecular formula is C19H28ClN5O2. The number of carbonyl (C=O) groups is 1. The van der Waals surface area contributed by atoms with E-state index >= 15 is 0 Å². The summed E-state index contributed by atoms with van der Waals surface area (Å²) in [7, 11) is 0. The lowest BCUT2D eigenvalue weighted by Gasteiger charge is -2.22. The van der Waals surface area contributed by atoms with Crippen LogP contribution in [0, 0.1) is 12.8 Å². The topological polar surface area (TPSA) is 81.1 Å². The van der Waals surface area contributed by atoms with Crippen LogP contribution in [0.15, 0.2) is 24.3 Å². The molecule has 1 fully saturated rings. The lowest BCUT2D eigenvalue weighted by molar-refractivity contribution is 0.0939. The van der Waals surface area contributed by atoms with E-state index in [1.54, 1.807) is 4.68 Å². The number of halogens is 1. The number of benzene rings is 1. The zero-order valence-corrected chi connectivity index (χ0v) is 16.9. The van der Waals surface area contributed by atoms with Crippen LogP contribution >= 0.6 is 12.4 Å². The van der Waals surface area contributed by atoms with Crippen molar-refractivity contribution in [3.05, 3.63) is 35.7 Å². The van der Waals surface area contributed by atoms with Crippen molar-refractivity contribution in [1.82, 2.24) is 25.6 Å². The minimum Gasteiger partial charge on any atom is -0.491 e. The van der Waals surface area contributed by atoms with E-state index in [1.165, 1.54) is 0 Å². The summed E-state index contributed by atoms with van der Waals surface area (Å²) in [6.45, 7) is 8.53. The van der Waals surface area contributed by atoms with Crippen LogP contribution in [0.5, 0.6) is 5.75 Å². The Balaban J connectivity index is 0.00000261. The molecule has 2 N–H and O–H groups in total. The fourth-order valence-electron chi connectivity index (χ4n) is 3.14. The largest absolute Gasteiger partial charge is 0.491 e. The number of carbonyl (C=O) groups excluding carboxylic acids is 1. The van der Waals surface area contributed by atoms with Gasteiger partial charge in [-0.3, -0.25) is 4.79 Å². The first kappa shape index (κ1) is 21.2. The van der Waals surface area contributed by atoms with Crippen molar-refractivity contribution in [3.63, 3.8) is 0 Å². The third kappa shape index (κ3) is 5.43. The van der Waals surface area contributed by atoms with Gasteiger partial charge in [0.05, 0.1) is 17.5 Å². The molecular weight excluding hydrogens is 366 g/mol. The van der Waals surface area contributed by atoms with Crippen molar-refractivity contribution in [2.75, 3.05) is 19.6 Å². The van der Waals surface area contributed by atoms with Gasteiger partial charge in [-0.15, -0.1) is 17.5 Å². The Morgan fingerprint density at radius 1 is 1.37 bits per heavy atom. The van der Waals surface area contributed by atoms with E-state index in [2.05, 4.69) is 20.9 Å². The van der Waals surface area contributed by atoms with Crippen molar-refractivity contribution in [2.45, 2.75) is 39.7 Å². The SMILES string of the molecule is Cc1c(C(=O)NCC2CCCNC2)nnn1-c1ccc(OC(C)C)cc1.Cl. The Morgan fingerprint density at radius 2 is 2.11 bits per heavy atom. The molecule has 2 heterocycles. The molecule has 1 atom stereocenters. The van der Waals surface area contributed by atoms with Gasteiger partial charge in [0.25, 0.3) is 5.91 Å². The summed E-state index contributed by atoms with van der Waals surface area (Å²) >= 11 is 0. The summed E-state index contributed by atoms with van der Waals surface area (Å²) in [4.78, 5) is 12.5. The molecule has 148 valence electrons. The van der Waals surface area contributed by atoms with Gasteiger partial charge < -0.3 is 15.4 Å². The Labute approximate surface area is 166 Å². The van der Waals surface area contributed by atoms with E-state index in [4.69, 9.17) is 4.74 Å². The summed E-state index contributed by atoms with van der Waals surface area (Å²) in [5.74, 6) is 1.12. The standard InChI is InChI=1S/C19H27N5O2.ClH/c1-13(2)26-17-8-6-16(7-9-17)24-14(3)18(22-23-24)19(25)21-12-15-5-4-10-20-11-15;/h6-9,13,15,20H,4-5,10-12H2,1-3H3,(H,21,25);1H. The molecule has 1 aliphatic rings. The highest BCUT2D eigenvalue weighted by Crippen LogP contribution is 2.18. The number of hydrogen-bond donors (Lipinski definition) is 2. The second-order valence-electron chi connectivity index (χ2n) is 7.02. The van der Waals surface area contributed by atoms with Crippen LogP contribution in [0.3, 0.4) is 0 Å². The number of ether oxygens (including phenoxy) is 1. The molecule has 1 aromatic heterocycles. The van der Waals surface area contributed by atoms with Gasteiger partial charge >= 0.3 is 0 Å². The quantitative estimate of drug-likeness (QED) is 0.788. The van der Waals surface area contributed by atoms with Crippen molar-refractivity contribution < 1.29 is 9.53 Å². The molecule has 8 heteroatoms. The maximum Gasteiger partial charge on any atom is 0.273 e. The first-order valence-corrected chi connectivity index (χ1v) is 9.23. The van der Waals surface area contributed by atoms with E-state index in [0.29, 0.717) is 18.2 Å². The monoisotopic (exact) mass is 393 g/mol. The maximum absolute atomic E-state index is 12.5. The zero-order valence-electron chi connectivity index (χ0n) is 16.1. The third-order valence-corrected chi connectivity index (χ3v) is 4.51. The van der Waals surface area contributed by atoms with E-state index < -0.39 is 0 Å². The van der Waals surface area contributed by atoms with Gasteiger partial charge in [0, 0.05) is 6.54 Å². The number of nitrogens with zero attached hydrogens (tertiary/aromatic N) is 3. The molecule has 0 spiro atoms. The Morgan fingerprint density at radius 3 is 2.74 bits per heavy atom. The lowest BCUT2D eigenvalue weighted by atomic mass is 10.00. The van der Waals surface area contributed by atoms with Crippen LogP contribution in [0.2, 0.25) is 0 Å². The van der Waals surface area contributed by atoms with E-state index in [-0.39, 0.29) is 24.4 Å². The van der Waals surface area contributed by atoms with Crippen molar-refractivity contribution in [1.29, 1.82) is 0 Å². The molecule has 0 bridgehead atoms. The molecule has 1 aromatic carbocycles. The second kappa shape index (κ2) is 9.71. The van der Waals surface area contributed by atoms with Crippen molar-refractivity contribution >= 4 is 18.3 Å². The van der Waals surface area contributed by atoms with Crippen LogP contribution in [0.25, 0.3) is 5.69 Å². The van der Waals surface area contributed by atoms with Gasteiger partial charge in [0.15, 0.2) is 5.69 Å². The summed E-state index contributed by atoms with van der Waals surface area (Å²) in [6.07, 6.45) is 2.43. The number of piperidine rings is 1. The predicted octanol–water partition coefficient (Wildman–Crippen LogP) is 2.51. The summed E-state index contributed by atoms with van der Waals surface area (Å²) < 4.78 is 7.33. The number of rotatable bonds is 6. The predicted molar refractivity (Wildman–Crippen MR) is 107 cm³/mol. The second-order valence-corrected chi connectivity index (χ2v) is 7.02. The number of hydrogen-bond acceptors (Lipinski definition) is 5. The Kier molecular flexibility index (Phi) is 7.62. The van der Waals surface area contributed by atoms with Crippen LogP contribution in [0.1, 0.15) is 42.9 Å². The Hall–Kier alpha value is -2.12. The van der Waals surface area contributed by atoms with Crippen molar-refractivity contribution in [3.8, 4) is 11.4 Å². The smallest absolute Gasteiger partial charge is 0.273 e. The third-order valence-electron chi connectivity index (χ3n) is 4.51. The van der Waals surface area contributed by atoms with Crippen molar-refractivity contribution in [2.24, 2.45) is 5.92 Å². The average molecular weight is 394 g/mol. The van der Waals surface area contributed by atoms with Crippen LogP contribution in [-0.2, 0) is 0 Å². The van der Waals surface area contributed by atoms with E-state index in [1.807, 2.05) is 45.0 Å². The van der Waals surface area contributed by atoms with Gasteiger partial charge in [-0.05, 0) is 76.9 Å². The fourth-order valence-corrected chi connectivity index (χ4v) is 3.14. The molecule has 3 rings (SSSR count). The van der Waals surface area contributed by atoms with Crippen LogP contribution in [0.4, 0.5) is 0 Å². The van der Waals surface area contributed by atoms with E-state index in [9.17, 15) is 4.79 Å². The fraction of sp³-hybridized carbons (Fsp3) is 0.526. The first-order valence-electron chi connectivity index (χ1n) is 9.23. The summed E-state index contributed by atoms with van der Waals surface area (Å²) in [5.41, 5.74) is 1.94. The molecule has 2 aromatic rings. The summed E-state index contributed by atoms with van der Waals surface area (Å²) in [6, 6.07) is 7.61. The minimum absolute atomic E-state index is 0.